The Labute approximate surface area is 112 Å². The standard InChI is InChI=1S/C12H10ClF3N2O/c1-2-3-8-6-9(4-5-10(8)13)18-17-7-11(19)12(14,15)16/h2-7,18H,1H3/b3-2+,17-7+. The van der Waals surface area contributed by atoms with Gasteiger partial charge in [-0.05, 0) is 30.7 Å². The second kappa shape index (κ2) is 6.38. The van der Waals surface area contributed by atoms with Crippen LogP contribution in [0.1, 0.15) is 12.5 Å². The largest absolute Gasteiger partial charge is 0.455 e. The fourth-order valence-corrected chi connectivity index (χ4v) is 1.34. The van der Waals surface area contributed by atoms with E-state index < -0.39 is 12.0 Å². The molecule has 0 saturated carbocycles. The molecule has 0 radical (unpaired) electrons. The number of hydrogen-bond donors (Lipinski definition) is 1. The monoisotopic (exact) mass is 290 g/mol. The number of hydrazone groups is 1. The highest BCUT2D eigenvalue weighted by Gasteiger charge is 2.36. The zero-order valence-corrected chi connectivity index (χ0v) is 10.6. The Morgan fingerprint density at radius 3 is 2.68 bits per heavy atom. The number of nitrogens with one attached hydrogen (secondary N) is 1. The Bertz CT molecular complexity index is 524. The van der Waals surface area contributed by atoms with Crippen molar-refractivity contribution in [2.75, 3.05) is 5.43 Å². The van der Waals surface area contributed by atoms with E-state index in [4.69, 9.17) is 11.6 Å². The van der Waals surface area contributed by atoms with E-state index in [0.29, 0.717) is 16.3 Å². The minimum Gasteiger partial charge on any atom is -0.283 e. The average molecular weight is 291 g/mol. The summed E-state index contributed by atoms with van der Waals surface area (Å²) in [7, 11) is 0. The highest BCUT2D eigenvalue weighted by molar-refractivity contribution is 6.32. The van der Waals surface area contributed by atoms with Crippen LogP contribution in [0.4, 0.5) is 18.9 Å². The minimum absolute atomic E-state index is 0.184. The fraction of sp³-hybridized carbons (Fsp3) is 0.167. The molecule has 1 aromatic carbocycles. The van der Waals surface area contributed by atoms with Crippen molar-refractivity contribution in [1.29, 1.82) is 0 Å². The second-order valence-corrected chi connectivity index (χ2v) is 3.88. The number of rotatable bonds is 4. The molecule has 0 unspecified atom stereocenters. The van der Waals surface area contributed by atoms with E-state index in [1.54, 1.807) is 31.2 Å². The topological polar surface area (TPSA) is 41.5 Å². The summed E-state index contributed by atoms with van der Waals surface area (Å²) in [4.78, 5) is 10.5. The van der Waals surface area contributed by atoms with E-state index in [-0.39, 0.29) is 6.21 Å². The molecule has 1 rings (SSSR count). The molecule has 19 heavy (non-hydrogen) atoms. The fourth-order valence-electron chi connectivity index (χ4n) is 1.16. The number of anilines is 1. The maximum Gasteiger partial charge on any atom is 0.455 e. The number of allylic oxidation sites excluding steroid dienone is 1. The Morgan fingerprint density at radius 1 is 1.42 bits per heavy atom. The molecule has 1 N–H and O–H groups in total. The first kappa shape index (κ1) is 15.2. The van der Waals surface area contributed by atoms with Crippen LogP contribution in [0.15, 0.2) is 29.4 Å². The van der Waals surface area contributed by atoms with Gasteiger partial charge in [-0.3, -0.25) is 10.2 Å². The molecule has 3 nitrogen and oxygen atoms in total. The summed E-state index contributed by atoms with van der Waals surface area (Å²) in [5.74, 6) is -2.03. The molecule has 0 bridgehead atoms. The molecule has 0 heterocycles. The minimum atomic E-state index is -4.92. The predicted molar refractivity (Wildman–Crippen MR) is 69.3 cm³/mol. The molecule has 0 aliphatic heterocycles. The van der Waals surface area contributed by atoms with E-state index in [1.807, 2.05) is 0 Å². The molecule has 7 heteroatoms. The summed E-state index contributed by atoms with van der Waals surface area (Å²) in [5.41, 5.74) is 3.44. The molecule has 0 aromatic heterocycles. The van der Waals surface area contributed by atoms with Crippen molar-refractivity contribution < 1.29 is 18.0 Å². The molecule has 1 aromatic rings. The molecular weight excluding hydrogens is 281 g/mol. The van der Waals surface area contributed by atoms with Gasteiger partial charge in [-0.15, -0.1) is 0 Å². The normalized spacial score (nSPS) is 12.3. The summed E-state index contributed by atoms with van der Waals surface area (Å²) < 4.78 is 35.7. The first-order valence-corrected chi connectivity index (χ1v) is 5.55. The van der Waals surface area contributed by atoms with Gasteiger partial charge in [0.05, 0.1) is 11.9 Å². The maximum atomic E-state index is 11.9. The molecular formula is C12H10ClF3N2O. The summed E-state index contributed by atoms with van der Waals surface area (Å²) in [5, 5.41) is 3.73. The number of ketones is 1. The smallest absolute Gasteiger partial charge is 0.283 e. The number of nitrogens with zero attached hydrogens (tertiary/aromatic N) is 1. The van der Waals surface area contributed by atoms with Gasteiger partial charge >= 0.3 is 6.18 Å². The number of carbonyl (C=O) groups excluding carboxylic acids is 1. The summed E-state index contributed by atoms with van der Waals surface area (Å²) in [6.07, 6.45) is -1.23. The predicted octanol–water partition coefficient (Wildman–Crippen LogP) is 3.90. The quantitative estimate of drug-likeness (QED) is 0.675. The molecule has 0 aliphatic rings. The van der Waals surface area contributed by atoms with Gasteiger partial charge in [0.25, 0.3) is 5.78 Å². The molecule has 0 spiro atoms. The number of alkyl halides is 3. The summed E-state index contributed by atoms with van der Waals surface area (Å²) in [6.45, 7) is 1.80. The zero-order valence-electron chi connectivity index (χ0n) is 9.83. The van der Waals surface area contributed by atoms with E-state index in [9.17, 15) is 18.0 Å². The van der Waals surface area contributed by atoms with Crippen molar-refractivity contribution in [3.05, 3.63) is 34.9 Å². The van der Waals surface area contributed by atoms with Crippen LogP contribution < -0.4 is 5.43 Å². The van der Waals surface area contributed by atoms with E-state index in [0.717, 1.165) is 0 Å². The zero-order chi connectivity index (χ0) is 14.5. The summed E-state index contributed by atoms with van der Waals surface area (Å²) >= 11 is 5.90. The van der Waals surface area contributed by atoms with Gasteiger partial charge in [-0.1, -0.05) is 23.8 Å². The van der Waals surface area contributed by atoms with Gasteiger partial charge in [-0.2, -0.15) is 18.3 Å². The molecule has 0 fully saturated rings. The van der Waals surface area contributed by atoms with Crippen molar-refractivity contribution in [1.82, 2.24) is 0 Å². The maximum absolute atomic E-state index is 11.9. The third-order valence-corrected chi connectivity index (χ3v) is 2.34. The van der Waals surface area contributed by atoms with Crippen LogP contribution in [0.2, 0.25) is 5.02 Å². The third kappa shape index (κ3) is 4.75. The average Bonchev–Trinajstić information content (AvgIpc) is 2.32. The van der Waals surface area contributed by atoms with Crippen molar-refractivity contribution in [3.8, 4) is 0 Å². The number of hydrogen-bond acceptors (Lipinski definition) is 3. The number of carbonyl (C=O) groups is 1. The number of Topliss-reactive ketones (excluding diaryl/α,β-unsaturated/α-hetero) is 1. The first-order chi connectivity index (χ1) is 8.84. The van der Waals surface area contributed by atoms with Crippen LogP contribution in [0.25, 0.3) is 6.08 Å². The van der Waals surface area contributed by atoms with Gasteiger partial charge in [0, 0.05) is 5.02 Å². The van der Waals surface area contributed by atoms with Gasteiger partial charge in [0.15, 0.2) is 0 Å². The highest BCUT2D eigenvalue weighted by atomic mass is 35.5. The molecule has 0 amide bonds. The SMILES string of the molecule is C/C=C/c1cc(N/N=C/C(=O)C(F)(F)F)ccc1Cl. The van der Waals surface area contributed by atoms with Gasteiger partial charge in [0.2, 0.25) is 0 Å². The lowest BCUT2D eigenvalue weighted by Gasteiger charge is -2.04. The lowest BCUT2D eigenvalue weighted by Crippen LogP contribution is -2.23. The van der Waals surface area contributed by atoms with Crippen molar-refractivity contribution in [2.45, 2.75) is 13.1 Å². The lowest BCUT2D eigenvalue weighted by atomic mass is 10.2. The first-order valence-electron chi connectivity index (χ1n) is 5.17. The number of benzene rings is 1. The Balaban J connectivity index is 2.76. The Hall–Kier alpha value is -1.82. The van der Waals surface area contributed by atoms with E-state index in [1.165, 1.54) is 6.07 Å². The number of halogens is 4. The van der Waals surface area contributed by atoms with Crippen LogP contribution >= 0.6 is 11.6 Å². The van der Waals surface area contributed by atoms with Gasteiger partial charge < -0.3 is 0 Å². The Morgan fingerprint density at radius 2 is 2.11 bits per heavy atom. The molecule has 0 aliphatic carbocycles. The molecule has 0 saturated heterocycles. The van der Waals surface area contributed by atoms with E-state index >= 15 is 0 Å². The lowest BCUT2D eigenvalue weighted by molar-refractivity contribution is -0.162. The summed E-state index contributed by atoms with van der Waals surface area (Å²) in [6, 6.07) is 4.70. The van der Waals surface area contributed by atoms with E-state index in [2.05, 4.69) is 10.5 Å². The van der Waals surface area contributed by atoms with Crippen molar-refractivity contribution in [3.63, 3.8) is 0 Å². The van der Waals surface area contributed by atoms with Crippen LogP contribution in [0.5, 0.6) is 0 Å². The van der Waals surface area contributed by atoms with Crippen molar-refractivity contribution in [2.24, 2.45) is 5.10 Å². The Kier molecular flexibility index (Phi) is 5.11. The van der Waals surface area contributed by atoms with Crippen LogP contribution in [-0.4, -0.2) is 18.2 Å². The van der Waals surface area contributed by atoms with Crippen molar-refractivity contribution >= 4 is 35.4 Å². The van der Waals surface area contributed by atoms with Crippen LogP contribution in [0, 0.1) is 0 Å². The molecule has 102 valence electrons. The molecule has 0 atom stereocenters. The highest BCUT2D eigenvalue weighted by Crippen LogP contribution is 2.22. The van der Waals surface area contributed by atoms with Crippen LogP contribution in [0.3, 0.4) is 0 Å². The van der Waals surface area contributed by atoms with Gasteiger partial charge in [0.1, 0.15) is 0 Å². The third-order valence-electron chi connectivity index (χ3n) is 2.00. The van der Waals surface area contributed by atoms with Gasteiger partial charge in [-0.25, -0.2) is 0 Å². The van der Waals surface area contributed by atoms with Crippen LogP contribution in [-0.2, 0) is 4.79 Å². The second-order valence-electron chi connectivity index (χ2n) is 3.47.